The van der Waals surface area contributed by atoms with Crippen molar-refractivity contribution in [2.45, 2.75) is 26.3 Å². The van der Waals surface area contributed by atoms with Gasteiger partial charge in [0, 0.05) is 19.3 Å². The minimum atomic E-state index is -0.237. The van der Waals surface area contributed by atoms with Crippen molar-refractivity contribution in [3.8, 4) is 5.75 Å². The quantitative estimate of drug-likeness (QED) is 0.699. The van der Waals surface area contributed by atoms with Gasteiger partial charge in [0.2, 0.25) is 0 Å². The van der Waals surface area contributed by atoms with Crippen molar-refractivity contribution in [2.24, 2.45) is 5.73 Å². The predicted molar refractivity (Wildman–Crippen MR) is 73.2 cm³/mol. The summed E-state index contributed by atoms with van der Waals surface area (Å²) in [5.74, 6) is -0.0372. The molecule has 0 spiro atoms. The molecule has 0 aromatic carbocycles. The van der Waals surface area contributed by atoms with Gasteiger partial charge in [-0.25, -0.2) is 0 Å². The molecule has 3 N–H and O–H groups in total. The number of nitrogens with zero attached hydrogens (tertiary/aromatic N) is 1. The second-order valence-corrected chi connectivity index (χ2v) is 4.15. The number of carbonyl (C=O) groups excluding carboxylic acids is 1. The lowest BCUT2D eigenvalue weighted by molar-refractivity contribution is -0.123. The Hall–Kier alpha value is -1.82. The molecule has 0 aliphatic heterocycles. The first-order valence-corrected chi connectivity index (χ1v) is 6.48. The van der Waals surface area contributed by atoms with Crippen molar-refractivity contribution < 1.29 is 9.53 Å². The van der Waals surface area contributed by atoms with Gasteiger partial charge in [0.1, 0.15) is 0 Å². The highest BCUT2D eigenvalue weighted by Gasteiger charge is 2.06. The maximum Gasteiger partial charge on any atom is 0.292 e. The van der Waals surface area contributed by atoms with E-state index in [-0.39, 0.29) is 23.8 Å². The largest absolute Gasteiger partial charge is 0.478 e. The van der Waals surface area contributed by atoms with Crippen LogP contribution >= 0.6 is 0 Å². The Kier molecular flexibility index (Phi) is 6.67. The van der Waals surface area contributed by atoms with Gasteiger partial charge < -0.3 is 20.4 Å². The number of hydrogen-bond donors (Lipinski definition) is 2. The molecule has 0 aliphatic rings. The fourth-order valence-electron chi connectivity index (χ4n) is 1.52. The molecular formula is C13H21N3O3. The Balaban J connectivity index is 2.58. The number of carbonyl (C=O) groups is 1. The molecule has 1 rings (SSSR count). The molecular weight excluding hydrogens is 246 g/mol. The summed E-state index contributed by atoms with van der Waals surface area (Å²) in [7, 11) is 0. The summed E-state index contributed by atoms with van der Waals surface area (Å²) in [6.45, 7) is 3.51. The Bertz CT molecular complexity index is 457. The highest BCUT2D eigenvalue weighted by atomic mass is 16.5. The third-order valence-electron chi connectivity index (χ3n) is 2.52. The van der Waals surface area contributed by atoms with E-state index in [0.717, 1.165) is 12.8 Å². The van der Waals surface area contributed by atoms with E-state index < -0.39 is 0 Å². The predicted octanol–water partition coefficient (Wildman–Crippen LogP) is 0.102. The van der Waals surface area contributed by atoms with Crippen molar-refractivity contribution in [3.63, 3.8) is 0 Å². The van der Waals surface area contributed by atoms with E-state index in [0.29, 0.717) is 19.6 Å². The molecule has 0 fully saturated rings. The zero-order valence-electron chi connectivity index (χ0n) is 11.2. The summed E-state index contributed by atoms with van der Waals surface area (Å²) < 4.78 is 6.77. The van der Waals surface area contributed by atoms with Crippen LogP contribution in [0.5, 0.6) is 5.75 Å². The Labute approximate surface area is 112 Å². The molecule has 6 heteroatoms. The summed E-state index contributed by atoms with van der Waals surface area (Å²) in [5.41, 5.74) is 5.17. The van der Waals surface area contributed by atoms with E-state index >= 15 is 0 Å². The average molecular weight is 267 g/mol. The van der Waals surface area contributed by atoms with Gasteiger partial charge in [-0.3, -0.25) is 9.59 Å². The second-order valence-electron chi connectivity index (χ2n) is 4.15. The van der Waals surface area contributed by atoms with Crippen molar-refractivity contribution in [1.29, 1.82) is 0 Å². The molecule has 0 saturated heterocycles. The maximum atomic E-state index is 12.0. The van der Waals surface area contributed by atoms with Crippen LogP contribution in [0.25, 0.3) is 0 Å². The van der Waals surface area contributed by atoms with Crippen LogP contribution < -0.4 is 21.3 Å². The monoisotopic (exact) mass is 267 g/mol. The van der Waals surface area contributed by atoms with Crippen molar-refractivity contribution in [1.82, 2.24) is 9.88 Å². The van der Waals surface area contributed by atoms with Gasteiger partial charge in [-0.15, -0.1) is 0 Å². The Morgan fingerprint density at radius 2 is 2.32 bits per heavy atom. The number of rotatable bonds is 8. The van der Waals surface area contributed by atoms with Crippen molar-refractivity contribution >= 4 is 5.91 Å². The zero-order chi connectivity index (χ0) is 14.1. The van der Waals surface area contributed by atoms with Gasteiger partial charge in [0.05, 0.1) is 0 Å². The van der Waals surface area contributed by atoms with E-state index in [2.05, 4.69) is 5.32 Å². The van der Waals surface area contributed by atoms with E-state index in [1.165, 1.54) is 4.57 Å². The fourth-order valence-corrected chi connectivity index (χ4v) is 1.52. The highest BCUT2D eigenvalue weighted by molar-refractivity contribution is 5.77. The number of hydrogen-bond acceptors (Lipinski definition) is 4. The van der Waals surface area contributed by atoms with Gasteiger partial charge in [-0.1, -0.05) is 6.92 Å². The molecule has 19 heavy (non-hydrogen) atoms. The van der Waals surface area contributed by atoms with E-state index in [1.807, 2.05) is 6.92 Å². The van der Waals surface area contributed by atoms with Gasteiger partial charge in [0.15, 0.2) is 12.4 Å². The number of amides is 1. The minimum Gasteiger partial charge on any atom is -0.478 e. The second kappa shape index (κ2) is 8.31. The summed E-state index contributed by atoms with van der Waals surface area (Å²) in [6.07, 6.45) is 3.27. The average Bonchev–Trinajstić information content (AvgIpc) is 2.42. The first-order valence-electron chi connectivity index (χ1n) is 6.48. The van der Waals surface area contributed by atoms with Gasteiger partial charge in [-0.05, 0) is 31.5 Å². The minimum absolute atomic E-state index is 0.143. The van der Waals surface area contributed by atoms with E-state index in [4.69, 9.17) is 10.5 Å². The summed E-state index contributed by atoms with van der Waals surface area (Å²) >= 11 is 0. The molecule has 6 nitrogen and oxygen atoms in total. The summed E-state index contributed by atoms with van der Waals surface area (Å²) in [4.78, 5) is 23.3. The number of aryl methyl sites for hydroxylation is 1. The summed E-state index contributed by atoms with van der Waals surface area (Å²) in [5, 5.41) is 2.68. The SMILES string of the molecule is CCCNC(=O)COc1cccn(CCCN)c1=O. The lowest BCUT2D eigenvalue weighted by Crippen LogP contribution is -2.31. The third-order valence-corrected chi connectivity index (χ3v) is 2.52. The van der Waals surface area contributed by atoms with Crippen LogP contribution in [0.4, 0.5) is 0 Å². The number of nitrogens with one attached hydrogen (secondary N) is 1. The molecule has 1 amide bonds. The standard InChI is InChI=1S/C13H21N3O3/c1-2-7-15-12(17)10-19-11-5-3-8-16(13(11)18)9-4-6-14/h3,5,8H,2,4,6-7,9-10,14H2,1H3,(H,15,17). The molecule has 0 aliphatic carbocycles. The normalized spacial score (nSPS) is 10.2. The van der Waals surface area contributed by atoms with Crippen molar-refractivity contribution in [2.75, 3.05) is 19.7 Å². The lowest BCUT2D eigenvalue weighted by atomic mass is 10.4. The first kappa shape index (κ1) is 15.2. The topological polar surface area (TPSA) is 86.3 Å². The first-order chi connectivity index (χ1) is 9.19. The van der Waals surface area contributed by atoms with Crippen molar-refractivity contribution in [3.05, 3.63) is 28.7 Å². The molecule has 0 bridgehead atoms. The molecule has 1 aromatic heterocycles. The van der Waals surface area contributed by atoms with Gasteiger partial charge in [-0.2, -0.15) is 0 Å². The Morgan fingerprint density at radius 3 is 3.00 bits per heavy atom. The highest BCUT2D eigenvalue weighted by Crippen LogP contribution is 2.02. The van der Waals surface area contributed by atoms with E-state index in [9.17, 15) is 9.59 Å². The number of pyridine rings is 1. The number of aromatic nitrogens is 1. The molecule has 0 radical (unpaired) electrons. The van der Waals surface area contributed by atoms with Crippen LogP contribution in [-0.2, 0) is 11.3 Å². The molecule has 1 aromatic rings. The molecule has 0 saturated carbocycles. The van der Waals surface area contributed by atoms with Crippen LogP contribution in [0.2, 0.25) is 0 Å². The van der Waals surface area contributed by atoms with Gasteiger partial charge >= 0.3 is 0 Å². The molecule has 0 atom stereocenters. The lowest BCUT2D eigenvalue weighted by Gasteiger charge is -2.09. The maximum absolute atomic E-state index is 12.0. The van der Waals surface area contributed by atoms with E-state index in [1.54, 1.807) is 18.3 Å². The van der Waals surface area contributed by atoms with Crippen LogP contribution in [0.1, 0.15) is 19.8 Å². The number of ether oxygens (including phenoxy) is 1. The smallest absolute Gasteiger partial charge is 0.292 e. The van der Waals surface area contributed by atoms with Gasteiger partial charge in [0.25, 0.3) is 11.5 Å². The van der Waals surface area contributed by atoms with Crippen LogP contribution in [0, 0.1) is 0 Å². The Morgan fingerprint density at radius 1 is 1.53 bits per heavy atom. The molecule has 0 unspecified atom stereocenters. The molecule has 106 valence electrons. The third kappa shape index (κ3) is 5.13. The molecule has 1 heterocycles. The number of nitrogens with two attached hydrogens (primary N) is 1. The summed E-state index contributed by atoms with van der Waals surface area (Å²) in [6, 6.07) is 3.28. The zero-order valence-corrected chi connectivity index (χ0v) is 11.2. The van der Waals surface area contributed by atoms with Crippen LogP contribution in [0.3, 0.4) is 0 Å². The fraction of sp³-hybridized carbons (Fsp3) is 0.538. The van der Waals surface area contributed by atoms with Crippen LogP contribution in [-0.4, -0.2) is 30.2 Å². The van der Waals surface area contributed by atoms with Crippen LogP contribution in [0.15, 0.2) is 23.1 Å².